The number of rotatable bonds is 8. The number of hydrogen-bond donors (Lipinski definition) is 4. The van der Waals surface area contributed by atoms with E-state index in [1.54, 1.807) is 48.5 Å². The number of nitrogens with one attached hydrogen (secondary N) is 3. The summed E-state index contributed by atoms with van der Waals surface area (Å²) in [6, 6.07) is 13.7. The van der Waals surface area contributed by atoms with Crippen molar-refractivity contribution in [3.05, 3.63) is 59.7 Å². The molecular weight excluding hydrogens is 390 g/mol. The van der Waals surface area contributed by atoms with Crippen LogP contribution in [0.15, 0.2) is 48.5 Å². The molecule has 154 valence electrons. The van der Waals surface area contributed by atoms with Crippen molar-refractivity contribution in [3.8, 4) is 5.75 Å². The van der Waals surface area contributed by atoms with Gasteiger partial charge in [0.2, 0.25) is 0 Å². The van der Waals surface area contributed by atoms with Gasteiger partial charge in [0.1, 0.15) is 5.75 Å². The normalized spacial score (nSPS) is 10.3. The van der Waals surface area contributed by atoms with Crippen LogP contribution in [-0.2, 0) is 0 Å². The standard InChI is InChI=1S/C21H25N3O4S/c1-14(2)28-18-11-6-4-9-16(18)20(27)24-21(29)23-17-10-5-3-8-15(17)19(26)22-12-7-13-25/h3-6,8-11,14,25H,7,12-13H2,1-2H3,(H,22,26)(H2,23,24,27,29). The zero-order valence-corrected chi connectivity index (χ0v) is 17.2. The highest BCUT2D eigenvalue weighted by molar-refractivity contribution is 7.80. The lowest BCUT2D eigenvalue weighted by molar-refractivity contribution is 0.0949. The highest BCUT2D eigenvalue weighted by Crippen LogP contribution is 2.19. The molecule has 8 heteroatoms. The molecule has 0 fully saturated rings. The van der Waals surface area contributed by atoms with Crippen LogP contribution in [0.3, 0.4) is 0 Å². The Balaban J connectivity index is 2.07. The molecule has 0 radical (unpaired) electrons. The first-order valence-electron chi connectivity index (χ1n) is 9.28. The van der Waals surface area contributed by atoms with Crippen LogP contribution in [0.25, 0.3) is 0 Å². The molecule has 2 amide bonds. The molecule has 0 aromatic heterocycles. The number of ether oxygens (including phenoxy) is 1. The fourth-order valence-corrected chi connectivity index (χ4v) is 2.70. The summed E-state index contributed by atoms with van der Waals surface area (Å²) in [6.45, 7) is 4.11. The topological polar surface area (TPSA) is 99.7 Å². The molecule has 0 saturated carbocycles. The van der Waals surface area contributed by atoms with Crippen LogP contribution in [0.5, 0.6) is 5.75 Å². The highest BCUT2D eigenvalue weighted by Gasteiger charge is 2.16. The summed E-state index contributed by atoms with van der Waals surface area (Å²) in [4.78, 5) is 25.0. The molecule has 0 spiro atoms. The summed E-state index contributed by atoms with van der Waals surface area (Å²) in [6.07, 6.45) is 0.387. The van der Waals surface area contributed by atoms with Gasteiger partial charge in [-0.3, -0.25) is 14.9 Å². The third-order valence-corrected chi connectivity index (χ3v) is 3.97. The van der Waals surface area contributed by atoms with Gasteiger partial charge < -0.3 is 20.5 Å². The molecule has 0 heterocycles. The quantitative estimate of drug-likeness (QED) is 0.391. The smallest absolute Gasteiger partial charge is 0.261 e. The Bertz CT molecular complexity index is 871. The monoisotopic (exact) mass is 415 g/mol. The summed E-state index contributed by atoms with van der Waals surface area (Å²) < 4.78 is 5.67. The zero-order valence-electron chi connectivity index (χ0n) is 16.4. The van der Waals surface area contributed by atoms with Gasteiger partial charge in [-0.2, -0.15) is 0 Å². The molecule has 0 aliphatic heterocycles. The Morgan fingerprint density at radius 2 is 1.69 bits per heavy atom. The molecule has 0 aliphatic rings. The Labute approximate surface area is 175 Å². The predicted octanol–water partition coefficient (Wildman–Crippen LogP) is 2.71. The van der Waals surface area contributed by atoms with Crippen molar-refractivity contribution in [1.82, 2.24) is 10.6 Å². The maximum absolute atomic E-state index is 12.6. The molecule has 2 rings (SSSR count). The predicted molar refractivity (Wildman–Crippen MR) is 116 cm³/mol. The van der Waals surface area contributed by atoms with E-state index in [-0.39, 0.29) is 23.7 Å². The van der Waals surface area contributed by atoms with Crippen LogP contribution in [0, 0.1) is 0 Å². The minimum absolute atomic E-state index is 0.00169. The maximum Gasteiger partial charge on any atom is 0.261 e. The molecule has 0 bridgehead atoms. The van der Waals surface area contributed by atoms with Crippen LogP contribution >= 0.6 is 12.2 Å². The number of aliphatic hydroxyl groups is 1. The maximum atomic E-state index is 12.6. The van der Waals surface area contributed by atoms with Gasteiger partial charge in [-0.1, -0.05) is 24.3 Å². The van der Waals surface area contributed by atoms with E-state index in [9.17, 15) is 9.59 Å². The molecule has 0 saturated heterocycles. The molecule has 0 atom stereocenters. The van der Waals surface area contributed by atoms with Crippen molar-refractivity contribution < 1.29 is 19.4 Å². The average Bonchev–Trinajstić information content (AvgIpc) is 2.68. The number of hydrogen-bond acceptors (Lipinski definition) is 5. The first-order valence-corrected chi connectivity index (χ1v) is 9.69. The van der Waals surface area contributed by atoms with E-state index in [1.165, 1.54) is 0 Å². The van der Waals surface area contributed by atoms with Gasteiger partial charge in [0.05, 0.1) is 22.9 Å². The largest absolute Gasteiger partial charge is 0.490 e. The van der Waals surface area contributed by atoms with E-state index >= 15 is 0 Å². The number of anilines is 1. The fourth-order valence-electron chi connectivity index (χ4n) is 2.50. The summed E-state index contributed by atoms with van der Waals surface area (Å²) in [5.41, 5.74) is 1.21. The summed E-state index contributed by atoms with van der Waals surface area (Å²) in [5.74, 6) is -0.249. The second-order valence-electron chi connectivity index (χ2n) is 6.45. The van der Waals surface area contributed by atoms with Crippen LogP contribution < -0.4 is 20.7 Å². The SMILES string of the molecule is CC(C)Oc1ccccc1C(=O)NC(=S)Nc1ccccc1C(=O)NCCCO. The highest BCUT2D eigenvalue weighted by atomic mass is 32.1. The molecule has 2 aromatic rings. The lowest BCUT2D eigenvalue weighted by Crippen LogP contribution is -2.35. The molecule has 0 aliphatic carbocycles. The van der Waals surface area contributed by atoms with E-state index in [0.29, 0.717) is 35.5 Å². The van der Waals surface area contributed by atoms with Gasteiger partial charge >= 0.3 is 0 Å². The van der Waals surface area contributed by atoms with Gasteiger partial charge in [-0.25, -0.2) is 0 Å². The first kappa shape index (κ1) is 22.3. The number of benzene rings is 2. The summed E-state index contributed by atoms with van der Waals surface area (Å²) in [7, 11) is 0. The first-order chi connectivity index (χ1) is 13.9. The van der Waals surface area contributed by atoms with E-state index in [2.05, 4.69) is 16.0 Å². The second kappa shape index (κ2) is 11.1. The van der Waals surface area contributed by atoms with E-state index < -0.39 is 5.91 Å². The number of aliphatic hydroxyl groups excluding tert-OH is 1. The van der Waals surface area contributed by atoms with Crippen molar-refractivity contribution in [1.29, 1.82) is 0 Å². The van der Waals surface area contributed by atoms with Crippen LogP contribution in [0.1, 0.15) is 41.0 Å². The van der Waals surface area contributed by atoms with Crippen LogP contribution in [0.2, 0.25) is 0 Å². The lowest BCUT2D eigenvalue weighted by Gasteiger charge is -2.16. The van der Waals surface area contributed by atoms with E-state index in [0.717, 1.165) is 0 Å². The average molecular weight is 416 g/mol. The number of carbonyl (C=O) groups is 2. The second-order valence-corrected chi connectivity index (χ2v) is 6.86. The van der Waals surface area contributed by atoms with Crippen molar-refractivity contribution in [2.24, 2.45) is 0 Å². The Morgan fingerprint density at radius 3 is 2.38 bits per heavy atom. The molecule has 4 N–H and O–H groups in total. The lowest BCUT2D eigenvalue weighted by atomic mass is 10.1. The fraction of sp³-hybridized carbons (Fsp3) is 0.286. The molecule has 7 nitrogen and oxygen atoms in total. The summed E-state index contributed by atoms with van der Waals surface area (Å²) >= 11 is 5.25. The minimum atomic E-state index is -0.413. The van der Waals surface area contributed by atoms with E-state index in [1.807, 2.05) is 13.8 Å². The Hall–Kier alpha value is -2.97. The van der Waals surface area contributed by atoms with Gasteiger partial charge in [0, 0.05) is 13.2 Å². The van der Waals surface area contributed by atoms with Gasteiger partial charge in [0.15, 0.2) is 5.11 Å². The van der Waals surface area contributed by atoms with Gasteiger partial charge in [-0.15, -0.1) is 0 Å². The van der Waals surface area contributed by atoms with Gasteiger partial charge in [-0.05, 0) is 56.8 Å². The molecular formula is C21H25N3O4S. The van der Waals surface area contributed by atoms with Crippen molar-refractivity contribution in [3.63, 3.8) is 0 Å². The van der Waals surface area contributed by atoms with Crippen molar-refractivity contribution >= 4 is 34.8 Å². The Kier molecular flexibility index (Phi) is 8.57. The number of carbonyl (C=O) groups excluding carboxylic acids is 2. The van der Waals surface area contributed by atoms with Gasteiger partial charge in [0.25, 0.3) is 11.8 Å². The molecule has 2 aromatic carbocycles. The van der Waals surface area contributed by atoms with Crippen molar-refractivity contribution in [2.75, 3.05) is 18.5 Å². The van der Waals surface area contributed by atoms with Crippen LogP contribution in [-0.4, -0.2) is 41.3 Å². The Morgan fingerprint density at radius 1 is 1.03 bits per heavy atom. The van der Waals surface area contributed by atoms with Crippen LogP contribution in [0.4, 0.5) is 5.69 Å². The molecule has 29 heavy (non-hydrogen) atoms. The third-order valence-electron chi connectivity index (χ3n) is 3.76. The number of thiocarbonyl (C=S) groups is 1. The third kappa shape index (κ3) is 6.85. The minimum Gasteiger partial charge on any atom is -0.490 e. The molecule has 0 unspecified atom stereocenters. The summed E-state index contributed by atoms with van der Waals surface area (Å²) in [5, 5.41) is 17.1. The number of para-hydroxylation sites is 2. The number of amides is 2. The van der Waals surface area contributed by atoms with Crippen molar-refractivity contribution in [2.45, 2.75) is 26.4 Å². The van der Waals surface area contributed by atoms with E-state index in [4.69, 9.17) is 22.1 Å². The zero-order chi connectivity index (χ0) is 21.2.